The lowest BCUT2D eigenvalue weighted by molar-refractivity contribution is -0.121. The van der Waals surface area contributed by atoms with Crippen LogP contribution in [-0.4, -0.2) is 94.1 Å². The number of ether oxygens (including phenoxy) is 1. The summed E-state index contributed by atoms with van der Waals surface area (Å²) < 4.78 is 5.69. The largest absolute Gasteiger partial charge is 0.511 e. The molecule has 1 aromatic carbocycles. The summed E-state index contributed by atoms with van der Waals surface area (Å²) in [7, 11) is 4.68. The number of hydrogen-bond acceptors (Lipinski definition) is 10. The molecule has 1 heterocycles. The highest BCUT2D eigenvalue weighted by Gasteiger charge is 2.38. The fourth-order valence-electron chi connectivity index (χ4n) is 6.42. The third-order valence-electron chi connectivity index (χ3n) is 8.59. The van der Waals surface area contributed by atoms with Crippen molar-refractivity contribution < 1.29 is 39.5 Å². The third kappa shape index (κ3) is 7.91. The Balaban J connectivity index is 1.83. The molecule has 0 aromatic heterocycles. The molecular formula is C34H43N3O8. The van der Waals surface area contributed by atoms with Crippen LogP contribution in [0.5, 0.6) is 5.75 Å². The summed E-state index contributed by atoms with van der Waals surface area (Å²) in [6.45, 7) is 2.83. The van der Waals surface area contributed by atoms with Gasteiger partial charge in [0.1, 0.15) is 28.6 Å². The summed E-state index contributed by atoms with van der Waals surface area (Å²) >= 11 is 0. The molecule has 0 radical (unpaired) electrons. The first-order valence-corrected chi connectivity index (χ1v) is 15.2. The molecule has 0 saturated carbocycles. The van der Waals surface area contributed by atoms with Gasteiger partial charge in [-0.15, -0.1) is 0 Å². The maximum atomic E-state index is 13.5. The van der Waals surface area contributed by atoms with Crippen molar-refractivity contribution in [1.29, 1.82) is 0 Å². The summed E-state index contributed by atoms with van der Waals surface area (Å²) in [6, 6.07) is 4.74. The fourth-order valence-corrected chi connectivity index (χ4v) is 6.42. The van der Waals surface area contributed by atoms with Gasteiger partial charge in [0.25, 0.3) is 5.91 Å². The van der Waals surface area contributed by atoms with E-state index in [4.69, 9.17) is 10.5 Å². The minimum atomic E-state index is -1.39. The van der Waals surface area contributed by atoms with Gasteiger partial charge in [-0.1, -0.05) is 24.6 Å². The molecule has 1 saturated heterocycles. The van der Waals surface area contributed by atoms with Crippen LogP contribution < -0.4 is 10.5 Å². The van der Waals surface area contributed by atoms with E-state index in [1.165, 1.54) is 17.4 Å². The van der Waals surface area contributed by atoms with Crippen molar-refractivity contribution in [3.63, 3.8) is 0 Å². The first kappa shape index (κ1) is 33.7. The summed E-state index contributed by atoms with van der Waals surface area (Å²) in [5.74, 6) is -4.97. The lowest BCUT2D eigenvalue weighted by Gasteiger charge is -2.33. The van der Waals surface area contributed by atoms with Gasteiger partial charge < -0.3 is 30.9 Å². The average Bonchev–Trinajstić information content (AvgIpc) is 2.96. The number of ketones is 2. The van der Waals surface area contributed by atoms with Crippen LogP contribution in [-0.2, 0) is 20.9 Å². The van der Waals surface area contributed by atoms with Crippen LogP contribution in [0.15, 0.2) is 70.9 Å². The van der Waals surface area contributed by atoms with E-state index in [0.29, 0.717) is 11.3 Å². The fraction of sp³-hybridized carbons (Fsp3) is 0.441. The lowest BCUT2D eigenvalue weighted by atomic mass is 9.80. The van der Waals surface area contributed by atoms with Crippen molar-refractivity contribution in [2.24, 2.45) is 11.7 Å². The Hall–Kier alpha value is -4.19. The molecule has 242 valence electrons. The summed E-state index contributed by atoms with van der Waals surface area (Å²) in [6.07, 6.45) is 7.18. The molecule has 0 spiro atoms. The van der Waals surface area contributed by atoms with Crippen molar-refractivity contribution in [1.82, 2.24) is 9.80 Å². The monoisotopic (exact) mass is 621 g/mol. The quantitative estimate of drug-likeness (QED) is 0.296. The molecule has 11 nitrogen and oxygen atoms in total. The predicted octanol–water partition coefficient (Wildman–Crippen LogP) is 3.42. The number of allylic oxidation sites excluding steroid dienone is 7. The number of hydrogen-bond donors (Lipinski definition) is 5. The summed E-state index contributed by atoms with van der Waals surface area (Å²) in [4.78, 5) is 42.6. The van der Waals surface area contributed by atoms with Crippen LogP contribution in [0.3, 0.4) is 0 Å². The number of benzene rings is 1. The van der Waals surface area contributed by atoms with Gasteiger partial charge in [-0.05, 0) is 88.1 Å². The van der Waals surface area contributed by atoms with Crippen molar-refractivity contribution in [2.45, 2.75) is 57.2 Å². The molecule has 4 rings (SSSR count). The Morgan fingerprint density at radius 3 is 2.44 bits per heavy atom. The van der Waals surface area contributed by atoms with Crippen LogP contribution >= 0.6 is 0 Å². The number of piperidine rings is 1. The first-order valence-electron chi connectivity index (χ1n) is 15.2. The predicted molar refractivity (Wildman–Crippen MR) is 169 cm³/mol. The molecule has 3 atom stereocenters. The normalized spacial score (nSPS) is 30.5. The molecule has 0 unspecified atom stereocenters. The Morgan fingerprint density at radius 1 is 1.09 bits per heavy atom. The SMILES string of the molecule is COc1ccc(CN2CCCCC2)cc1C1=C\C[C@H]2C[C@H](O)[C@H](N(C)C)/C(O)=C(/C(N)=O)C(=O)C/C(O)=C\2C(=O)/C=C(O)/C=C\1. The van der Waals surface area contributed by atoms with Crippen LogP contribution in [0.4, 0.5) is 0 Å². The number of Topliss-reactive ketones (excluding diaryl/α,β-unsaturated/α-hetero) is 1. The second-order valence-electron chi connectivity index (χ2n) is 12.0. The van der Waals surface area contributed by atoms with E-state index in [2.05, 4.69) is 4.90 Å². The van der Waals surface area contributed by atoms with Crippen LogP contribution in [0.25, 0.3) is 5.57 Å². The van der Waals surface area contributed by atoms with Crippen LogP contribution in [0.1, 0.15) is 49.7 Å². The molecule has 6 N–H and O–H groups in total. The number of nitrogens with two attached hydrogens (primary N) is 1. The van der Waals surface area contributed by atoms with Gasteiger partial charge in [-0.3, -0.25) is 24.2 Å². The number of aliphatic hydroxyl groups is 4. The van der Waals surface area contributed by atoms with E-state index in [1.54, 1.807) is 27.3 Å². The number of rotatable bonds is 6. The Labute approximate surface area is 263 Å². The minimum absolute atomic E-state index is 0.136. The molecule has 2 aliphatic carbocycles. The van der Waals surface area contributed by atoms with Crippen molar-refractivity contribution in [3.05, 3.63) is 82.1 Å². The number of methoxy groups -OCH3 is 1. The number of carbonyl (C=O) groups excluding carboxylic acids is 3. The van der Waals surface area contributed by atoms with Crippen molar-refractivity contribution in [2.75, 3.05) is 34.3 Å². The second-order valence-corrected chi connectivity index (χ2v) is 12.0. The zero-order valence-corrected chi connectivity index (χ0v) is 26.0. The molecule has 3 aliphatic rings. The van der Waals surface area contributed by atoms with E-state index in [0.717, 1.165) is 49.7 Å². The van der Waals surface area contributed by atoms with Gasteiger partial charge in [-0.25, -0.2) is 0 Å². The maximum Gasteiger partial charge on any atom is 0.255 e. The molecule has 11 heteroatoms. The minimum Gasteiger partial charge on any atom is -0.511 e. The number of amides is 1. The van der Waals surface area contributed by atoms with Crippen LogP contribution in [0, 0.1) is 5.92 Å². The number of carbonyl (C=O) groups is 3. The molecular weight excluding hydrogens is 578 g/mol. The van der Waals surface area contributed by atoms with E-state index in [1.807, 2.05) is 24.3 Å². The summed E-state index contributed by atoms with van der Waals surface area (Å²) in [5.41, 5.74) is 6.98. The zero-order valence-electron chi connectivity index (χ0n) is 26.0. The second kappa shape index (κ2) is 14.7. The van der Waals surface area contributed by atoms with E-state index in [-0.39, 0.29) is 24.2 Å². The van der Waals surface area contributed by atoms with Crippen LogP contribution in [0.2, 0.25) is 0 Å². The van der Waals surface area contributed by atoms with Gasteiger partial charge in [0.2, 0.25) is 0 Å². The van der Waals surface area contributed by atoms with Crippen molar-refractivity contribution in [3.8, 4) is 5.75 Å². The van der Waals surface area contributed by atoms with Crippen molar-refractivity contribution >= 4 is 23.0 Å². The summed E-state index contributed by atoms with van der Waals surface area (Å²) in [5, 5.41) is 44.2. The number of primary amides is 1. The number of aliphatic hydroxyl groups excluding tert-OH is 4. The van der Waals surface area contributed by atoms with E-state index >= 15 is 0 Å². The highest BCUT2D eigenvalue weighted by molar-refractivity contribution is 6.20. The Kier molecular flexibility index (Phi) is 11.0. The highest BCUT2D eigenvalue weighted by atomic mass is 16.5. The highest BCUT2D eigenvalue weighted by Crippen LogP contribution is 2.35. The van der Waals surface area contributed by atoms with Gasteiger partial charge in [-0.2, -0.15) is 0 Å². The Morgan fingerprint density at radius 2 is 1.80 bits per heavy atom. The number of nitrogens with zero attached hydrogens (tertiary/aromatic N) is 2. The zero-order chi connectivity index (χ0) is 32.8. The molecule has 1 amide bonds. The van der Waals surface area contributed by atoms with Gasteiger partial charge in [0, 0.05) is 23.8 Å². The molecule has 0 bridgehead atoms. The molecule has 1 aromatic rings. The van der Waals surface area contributed by atoms with Gasteiger partial charge >= 0.3 is 0 Å². The van der Waals surface area contributed by atoms with Gasteiger partial charge in [0.15, 0.2) is 11.6 Å². The number of likely N-dealkylation sites (tertiary alicyclic amines) is 1. The first-order chi connectivity index (χ1) is 21.4. The smallest absolute Gasteiger partial charge is 0.255 e. The third-order valence-corrected chi connectivity index (χ3v) is 8.59. The molecule has 1 aliphatic heterocycles. The maximum absolute atomic E-state index is 13.5. The number of likely N-dealkylation sites (N-methyl/N-ethyl adjacent to an activating group) is 1. The number of fused-ring (bicyclic) bond motifs is 1. The molecule has 1 fully saturated rings. The van der Waals surface area contributed by atoms with Gasteiger partial charge in [0.05, 0.1) is 25.7 Å². The van der Waals surface area contributed by atoms with E-state index < -0.39 is 59.0 Å². The average molecular weight is 622 g/mol. The topological polar surface area (TPSA) is 174 Å². The Bertz CT molecular complexity index is 1480. The molecule has 45 heavy (non-hydrogen) atoms. The lowest BCUT2D eigenvalue weighted by Crippen LogP contribution is -2.44. The van der Waals surface area contributed by atoms with E-state index in [9.17, 15) is 34.8 Å². The standard InChI is InChI=1S/C34H43N3O8/c1-36(2)32-28(42)16-22-9-8-21(24-15-20(7-12-29(24)45-3)19-37-13-5-4-6-14-37)10-11-23(38)17-25(39)30(22)26(40)18-27(41)31(33(32)43)34(35)44/h7-8,10-12,15,17,22,28,32,38,40,42-43H,4-6,9,13-14,16,18-19H2,1-3H3,(H2,35,44)/b11-10-,21-8-,23-17-,30-26-,33-31-/t22-,28-,32-/m0/s1.